The monoisotopic (exact) mass is 193 g/mol. The first-order valence-corrected chi connectivity index (χ1v) is 4.17. The van der Waals surface area contributed by atoms with Crippen LogP contribution in [0.25, 0.3) is 6.08 Å². The summed E-state index contributed by atoms with van der Waals surface area (Å²) in [6.07, 6.45) is 5.37. The number of H-pyrrole nitrogens is 1. The van der Waals surface area contributed by atoms with Gasteiger partial charge in [-0.25, -0.2) is 4.79 Å². The summed E-state index contributed by atoms with van der Waals surface area (Å²) in [5.41, 5.74) is 0.899. The van der Waals surface area contributed by atoms with Crippen molar-refractivity contribution in [2.75, 3.05) is 0 Å². The van der Waals surface area contributed by atoms with Crippen LogP contribution in [-0.4, -0.2) is 21.8 Å². The molecule has 0 unspecified atom stereocenters. The number of hydrogen-bond acceptors (Lipinski definition) is 2. The maximum Gasteiger partial charge on any atom is 0.352 e. The molecule has 2 N–H and O–H groups in total. The molecule has 0 amide bonds. The zero-order valence-electron chi connectivity index (χ0n) is 7.78. The SMILES string of the molecule is CC(=O)C/C=C/c1c[nH]c(C(=O)O)c1. The number of aromatic nitrogens is 1. The Morgan fingerprint density at radius 3 is 2.79 bits per heavy atom. The van der Waals surface area contributed by atoms with Crippen LogP contribution in [0.3, 0.4) is 0 Å². The fourth-order valence-corrected chi connectivity index (χ4v) is 0.992. The van der Waals surface area contributed by atoms with Crippen molar-refractivity contribution in [2.24, 2.45) is 0 Å². The van der Waals surface area contributed by atoms with Crippen molar-refractivity contribution in [3.05, 3.63) is 29.6 Å². The van der Waals surface area contributed by atoms with Gasteiger partial charge in [0.2, 0.25) is 0 Å². The molecule has 0 aliphatic carbocycles. The molecule has 1 heterocycles. The molecule has 0 spiro atoms. The molecule has 0 radical (unpaired) electrons. The molecular formula is C10H11NO3. The molecule has 4 heteroatoms. The quantitative estimate of drug-likeness (QED) is 0.764. The lowest BCUT2D eigenvalue weighted by Gasteiger charge is -1.84. The normalized spacial score (nSPS) is 10.6. The van der Waals surface area contributed by atoms with Crippen molar-refractivity contribution in [3.8, 4) is 0 Å². The highest BCUT2D eigenvalue weighted by atomic mass is 16.4. The summed E-state index contributed by atoms with van der Waals surface area (Å²) in [5, 5.41) is 8.60. The van der Waals surface area contributed by atoms with Gasteiger partial charge in [-0.05, 0) is 18.6 Å². The molecule has 0 bridgehead atoms. The van der Waals surface area contributed by atoms with Gasteiger partial charge in [0.25, 0.3) is 0 Å². The van der Waals surface area contributed by atoms with E-state index in [4.69, 9.17) is 5.11 Å². The van der Waals surface area contributed by atoms with Gasteiger partial charge in [-0.3, -0.25) is 4.79 Å². The molecule has 1 aromatic heterocycles. The first-order chi connectivity index (χ1) is 6.59. The van der Waals surface area contributed by atoms with Gasteiger partial charge < -0.3 is 10.1 Å². The predicted octanol–water partition coefficient (Wildman–Crippen LogP) is 1.71. The van der Waals surface area contributed by atoms with Crippen LogP contribution >= 0.6 is 0 Å². The number of hydrogen-bond donors (Lipinski definition) is 2. The summed E-state index contributed by atoms with van der Waals surface area (Å²) in [7, 11) is 0. The largest absolute Gasteiger partial charge is 0.477 e. The molecule has 74 valence electrons. The summed E-state index contributed by atoms with van der Waals surface area (Å²) < 4.78 is 0. The Hall–Kier alpha value is -1.84. The van der Waals surface area contributed by atoms with E-state index in [1.165, 1.54) is 13.0 Å². The lowest BCUT2D eigenvalue weighted by Crippen LogP contribution is -1.94. The lowest BCUT2D eigenvalue weighted by atomic mass is 10.2. The summed E-state index contributed by atoms with van der Waals surface area (Å²) in [5.74, 6) is -0.911. The Balaban J connectivity index is 2.64. The van der Waals surface area contributed by atoms with E-state index in [1.54, 1.807) is 18.3 Å². The minimum absolute atomic E-state index is 0.0789. The van der Waals surface area contributed by atoms with Crippen molar-refractivity contribution >= 4 is 17.8 Å². The number of aromatic amines is 1. The van der Waals surface area contributed by atoms with E-state index in [0.717, 1.165) is 5.56 Å². The van der Waals surface area contributed by atoms with Crippen molar-refractivity contribution in [1.82, 2.24) is 4.98 Å². The third kappa shape index (κ3) is 2.90. The molecule has 0 aliphatic heterocycles. The number of rotatable bonds is 4. The smallest absolute Gasteiger partial charge is 0.352 e. The van der Waals surface area contributed by atoms with Gasteiger partial charge in [-0.2, -0.15) is 0 Å². The first kappa shape index (κ1) is 10.2. The Bertz CT molecular complexity index is 376. The van der Waals surface area contributed by atoms with Gasteiger partial charge in [-0.1, -0.05) is 12.2 Å². The van der Waals surface area contributed by atoms with Crippen molar-refractivity contribution in [1.29, 1.82) is 0 Å². The molecule has 1 rings (SSSR count). The van der Waals surface area contributed by atoms with Crippen LogP contribution in [-0.2, 0) is 4.79 Å². The fraction of sp³-hybridized carbons (Fsp3) is 0.200. The second kappa shape index (κ2) is 4.41. The van der Waals surface area contributed by atoms with E-state index < -0.39 is 5.97 Å². The van der Waals surface area contributed by atoms with Crippen LogP contribution in [0, 0.1) is 0 Å². The predicted molar refractivity (Wildman–Crippen MR) is 52.1 cm³/mol. The van der Waals surface area contributed by atoms with Crippen LogP contribution < -0.4 is 0 Å². The molecule has 0 aliphatic rings. The van der Waals surface area contributed by atoms with Gasteiger partial charge in [-0.15, -0.1) is 0 Å². The fourth-order valence-electron chi connectivity index (χ4n) is 0.992. The average molecular weight is 193 g/mol. The lowest BCUT2D eigenvalue weighted by molar-refractivity contribution is -0.116. The van der Waals surface area contributed by atoms with E-state index in [2.05, 4.69) is 4.98 Å². The molecule has 4 nitrogen and oxygen atoms in total. The van der Waals surface area contributed by atoms with Gasteiger partial charge in [0.1, 0.15) is 11.5 Å². The average Bonchev–Trinajstić information content (AvgIpc) is 2.52. The number of nitrogens with one attached hydrogen (secondary N) is 1. The third-order valence-electron chi connectivity index (χ3n) is 1.65. The zero-order chi connectivity index (χ0) is 10.6. The number of allylic oxidation sites excluding steroid dienone is 1. The summed E-state index contributed by atoms with van der Waals surface area (Å²) in [4.78, 5) is 23.7. The maximum atomic E-state index is 10.6. The number of aromatic carboxylic acids is 1. The van der Waals surface area contributed by atoms with E-state index in [9.17, 15) is 9.59 Å². The Kier molecular flexibility index (Phi) is 3.23. The van der Waals surface area contributed by atoms with E-state index in [0.29, 0.717) is 6.42 Å². The number of carbonyl (C=O) groups excluding carboxylic acids is 1. The Morgan fingerprint density at radius 2 is 2.29 bits per heavy atom. The number of carboxylic acid groups (broad SMARTS) is 1. The highest BCUT2D eigenvalue weighted by Crippen LogP contribution is 2.06. The second-order valence-electron chi connectivity index (χ2n) is 2.96. The van der Waals surface area contributed by atoms with Gasteiger partial charge in [0, 0.05) is 12.6 Å². The second-order valence-corrected chi connectivity index (χ2v) is 2.96. The molecule has 0 saturated heterocycles. The van der Waals surface area contributed by atoms with E-state index in [-0.39, 0.29) is 11.5 Å². The van der Waals surface area contributed by atoms with Gasteiger partial charge in [0.05, 0.1) is 0 Å². The van der Waals surface area contributed by atoms with Crippen LogP contribution in [0.1, 0.15) is 29.4 Å². The maximum absolute atomic E-state index is 10.6. The topological polar surface area (TPSA) is 70.2 Å². The molecule has 0 saturated carbocycles. The first-order valence-electron chi connectivity index (χ1n) is 4.17. The minimum atomic E-state index is -0.990. The molecule has 1 aromatic rings. The van der Waals surface area contributed by atoms with E-state index in [1.807, 2.05) is 0 Å². The molecule has 0 fully saturated rings. The molecule has 0 atom stereocenters. The number of carbonyl (C=O) groups is 2. The van der Waals surface area contributed by atoms with Gasteiger partial charge >= 0.3 is 5.97 Å². The highest BCUT2D eigenvalue weighted by Gasteiger charge is 2.03. The summed E-state index contributed by atoms with van der Waals surface area (Å²) >= 11 is 0. The standard InChI is InChI=1S/C10H11NO3/c1-7(12)3-2-4-8-5-9(10(13)14)11-6-8/h2,4-6,11H,3H2,1H3,(H,13,14)/b4-2+. The minimum Gasteiger partial charge on any atom is -0.477 e. The number of carboxylic acids is 1. The van der Waals surface area contributed by atoms with Crippen LogP contribution in [0.4, 0.5) is 0 Å². The number of ketones is 1. The van der Waals surface area contributed by atoms with Crippen LogP contribution in [0.2, 0.25) is 0 Å². The Morgan fingerprint density at radius 1 is 1.57 bits per heavy atom. The summed E-state index contributed by atoms with van der Waals surface area (Å²) in [6, 6.07) is 1.51. The van der Waals surface area contributed by atoms with Crippen LogP contribution in [0.15, 0.2) is 18.3 Å². The van der Waals surface area contributed by atoms with Crippen molar-refractivity contribution < 1.29 is 14.7 Å². The molecular weight excluding hydrogens is 182 g/mol. The molecule has 0 aromatic carbocycles. The zero-order valence-corrected chi connectivity index (χ0v) is 7.78. The van der Waals surface area contributed by atoms with E-state index >= 15 is 0 Å². The molecule has 14 heavy (non-hydrogen) atoms. The third-order valence-corrected chi connectivity index (χ3v) is 1.65. The Labute approximate surface area is 81.3 Å². The summed E-state index contributed by atoms with van der Waals surface area (Å²) in [6.45, 7) is 1.50. The highest BCUT2D eigenvalue weighted by molar-refractivity contribution is 5.86. The van der Waals surface area contributed by atoms with Gasteiger partial charge in [0.15, 0.2) is 0 Å². The van der Waals surface area contributed by atoms with Crippen molar-refractivity contribution in [3.63, 3.8) is 0 Å². The van der Waals surface area contributed by atoms with Crippen molar-refractivity contribution in [2.45, 2.75) is 13.3 Å². The van der Waals surface area contributed by atoms with Crippen LogP contribution in [0.5, 0.6) is 0 Å². The number of Topliss-reactive ketones (excluding diaryl/α,β-unsaturated/α-hetero) is 1.